The third kappa shape index (κ3) is 7.06. The van der Waals surface area contributed by atoms with Crippen LogP contribution in [0.15, 0.2) is 42.6 Å². The average Bonchev–Trinajstić information content (AvgIpc) is 3.61. The van der Waals surface area contributed by atoms with E-state index < -0.39 is 42.1 Å². The number of rotatable bonds is 11. The van der Waals surface area contributed by atoms with E-state index in [1.165, 1.54) is 43.5 Å². The lowest BCUT2D eigenvalue weighted by Gasteiger charge is -2.26. The highest BCUT2D eigenvalue weighted by atomic mass is 35.5. The number of anilines is 1. The fourth-order valence-corrected chi connectivity index (χ4v) is 4.86. The molecule has 0 fully saturated rings. The Morgan fingerprint density at radius 2 is 1.66 bits per heavy atom. The van der Waals surface area contributed by atoms with Crippen LogP contribution in [0.25, 0.3) is 5.82 Å². The number of hydrogen-bond donors (Lipinski definition) is 3. The highest BCUT2D eigenvalue weighted by Gasteiger charge is 2.74. The van der Waals surface area contributed by atoms with E-state index in [0.29, 0.717) is 18.2 Å². The largest absolute Gasteiger partial charge is 0.460 e. The first-order valence-electron chi connectivity index (χ1n) is 13.7. The molecule has 3 N–H and O–H groups in total. The van der Waals surface area contributed by atoms with Crippen molar-refractivity contribution in [1.29, 1.82) is 0 Å². The second kappa shape index (κ2) is 13.5. The second-order valence-electron chi connectivity index (χ2n) is 10.0. The molecular formula is C28H25Cl2F7N8O2. The first-order valence-corrected chi connectivity index (χ1v) is 14.4. The molecule has 0 radical (unpaired) electrons. The molecular weight excluding hydrogens is 684 g/mol. The number of hydrogen-bond acceptors (Lipinski definition) is 6. The molecule has 0 unspecified atom stereocenters. The SMILES string of the molecule is CCNNC(=O)c1cc(Cl)cc(C)c1NC(=O)c1cc(Cn2nc(C(F)(F)C(F)(F)C(F)(F)F)cc2CC)nn1-c1ncccc1Cl. The number of pyridine rings is 1. The zero-order valence-corrected chi connectivity index (χ0v) is 26.1. The molecule has 0 saturated heterocycles. The Balaban J connectivity index is 1.78. The molecule has 0 aliphatic carbocycles. The molecule has 2 amide bonds. The quantitative estimate of drug-likeness (QED) is 0.121. The zero-order valence-electron chi connectivity index (χ0n) is 24.6. The summed E-state index contributed by atoms with van der Waals surface area (Å²) in [6, 6.07) is 7.40. The van der Waals surface area contributed by atoms with Crippen LogP contribution in [-0.2, 0) is 18.9 Å². The normalized spacial score (nSPS) is 12.3. The number of nitrogens with zero attached hydrogens (tertiary/aromatic N) is 5. The van der Waals surface area contributed by atoms with E-state index in [4.69, 9.17) is 23.2 Å². The molecule has 1 aromatic carbocycles. The van der Waals surface area contributed by atoms with Crippen molar-refractivity contribution in [3.05, 3.63) is 86.5 Å². The summed E-state index contributed by atoms with van der Waals surface area (Å²) in [6.45, 7) is 4.62. The van der Waals surface area contributed by atoms with Gasteiger partial charge in [-0.1, -0.05) is 37.0 Å². The van der Waals surface area contributed by atoms with E-state index in [2.05, 4.69) is 31.3 Å². The minimum atomic E-state index is -6.55. The van der Waals surface area contributed by atoms with Gasteiger partial charge in [0.25, 0.3) is 11.8 Å². The van der Waals surface area contributed by atoms with Gasteiger partial charge in [0.1, 0.15) is 11.4 Å². The van der Waals surface area contributed by atoms with Crippen LogP contribution in [-0.4, -0.2) is 55.0 Å². The van der Waals surface area contributed by atoms with Crippen molar-refractivity contribution in [3.8, 4) is 5.82 Å². The highest BCUT2D eigenvalue weighted by molar-refractivity contribution is 6.32. The van der Waals surface area contributed by atoms with Crippen molar-refractivity contribution in [3.63, 3.8) is 0 Å². The number of nitrogens with one attached hydrogen (secondary N) is 3. The maximum absolute atomic E-state index is 14.5. The van der Waals surface area contributed by atoms with Crippen molar-refractivity contribution in [2.75, 3.05) is 11.9 Å². The smallest absolute Gasteiger partial charge is 0.320 e. The van der Waals surface area contributed by atoms with Crippen LogP contribution in [0.1, 0.15) is 57.3 Å². The van der Waals surface area contributed by atoms with Gasteiger partial charge in [0.05, 0.1) is 28.5 Å². The maximum atomic E-state index is 14.5. The Kier molecular flexibility index (Phi) is 10.2. The molecule has 0 aliphatic heterocycles. The van der Waals surface area contributed by atoms with Gasteiger partial charge in [0, 0.05) is 23.5 Å². The molecule has 0 bridgehead atoms. The lowest BCUT2D eigenvalue weighted by Crippen LogP contribution is -2.50. The fourth-order valence-electron chi connectivity index (χ4n) is 4.39. The lowest BCUT2D eigenvalue weighted by molar-refractivity contribution is -0.360. The van der Waals surface area contributed by atoms with Gasteiger partial charge >= 0.3 is 18.0 Å². The maximum Gasteiger partial charge on any atom is 0.460 e. The van der Waals surface area contributed by atoms with E-state index >= 15 is 0 Å². The molecule has 0 saturated carbocycles. The number of carbonyl (C=O) groups excluding carboxylic acids is 2. The summed E-state index contributed by atoms with van der Waals surface area (Å²) in [5.74, 6) is -13.6. The van der Waals surface area contributed by atoms with Gasteiger partial charge in [-0.05, 0) is 55.3 Å². The van der Waals surface area contributed by atoms with E-state index in [-0.39, 0.29) is 50.6 Å². The number of alkyl halides is 7. The number of benzene rings is 1. The highest BCUT2D eigenvalue weighted by Crippen LogP contribution is 2.51. The lowest BCUT2D eigenvalue weighted by atomic mass is 10.1. The van der Waals surface area contributed by atoms with E-state index in [0.717, 1.165) is 9.36 Å². The van der Waals surface area contributed by atoms with Gasteiger partial charge in [0.2, 0.25) is 0 Å². The summed E-state index contributed by atoms with van der Waals surface area (Å²) in [6.07, 6.45) is -5.30. The Morgan fingerprint density at radius 1 is 0.957 bits per heavy atom. The van der Waals surface area contributed by atoms with Crippen molar-refractivity contribution < 1.29 is 40.3 Å². The average molecular weight is 709 g/mol. The first-order chi connectivity index (χ1) is 21.9. The van der Waals surface area contributed by atoms with Gasteiger partial charge in [-0.3, -0.25) is 19.7 Å². The van der Waals surface area contributed by atoms with Crippen LogP contribution < -0.4 is 16.2 Å². The Hall–Kier alpha value is -4.22. The molecule has 4 aromatic rings. The second-order valence-corrected chi connectivity index (χ2v) is 10.8. The molecule has 0 spiro atoms. The van der Waals surface area contributed by atoms with E-state index in [1.54, 1.807) is 13.8 Å². The number of amides is 2. The molecule has 0 atom stereocenters. The molecule has 3 heterocycles. The number of aryl methyl sites for hydroxylation is 2. The van der Waals surface area contributed by atoms with Gasteiger partial charge in [-0.2, -0.15) is 40.9 Å². The van der Waals surface area contributed by atoms with Crippen LogP contribution in [0, 0.1) is 6.92 Å². The monoisotopic (exact) mass is 708 g/mol. The molecule has 10 nitrogen and oxygen atoms in total. The minimum Gasteiger partial charge on any atom is -0.320 e. The summed E-state index contributed by atoms with van der Waals surface area (Å²) in [7, 11) is 0. The standard InChI is InChI=1S/C28H25Cl2F7N8O2/c1-4-17-12-21(26(31,32)27(33,34)28(35,36)37)43-44(17)13-16-11-20(45(42-16)23-19(30)7-6-8-38-23)25(47)40-22-14(3)9-15(29)10-18(22)24(46)41-39-5-2/h6-12,39H,4-5,13H2,1-3H3,(H,40,47)(H,41,46). The topological polar surface area (TPSA) is 119 Å². The summed E-state index contributed by atoms with van der Waals surface area (Å²) in [5, 5.41) is 10.5. The van der Waals surface area contributed by atoms with Gasteiger partial charge < -0.3 is 5.32 Å². The molecule has 47 heavy (non-hydrogen) atoms. The summed E-state index contributed by atoms with van der Waals surface area (Å²) in [4.78, 5) is 30.7. The molecule has 19 heteroatoms. The van der Waals surface area contributed by atoms with Crippen molar-refractivity contribution in [1.82, 2.24) is 35.4 Å². The van der Waals surface area contributed by atoms with Crippen LogP contribution in [0.4, 0.5) is 36.4 Å². The summed E-state index contributed by atoms with van der Waals surface area (Å²) in [5.41, 5.74) is 3.37. The predicted molar refractivity (Wildman–Crippen MR) is 157 cm³/mol. The minimum absolute atomic E-state index is 0.000276. The molecule has 3 aromatic heterocycles. The number of aromatic nitrogens is 5. The number of carbonyl (C=O) groups is 2. The molecule has 0 aliphatic rings. The van der Waals surface area contributed by atoms with Crippen molar-refractivity contribution >= 4 is 40.7 Å². The van der Waals surface area contributed by atoms with Gasteiger partial charge in [-0.15, -0.1) is 0 Å². The van der Waals surface area contributed by atoms with Gasteiger partial charge in [0.15, 0.2) is 5.82 Å². The third-order valence-corrected chi connectivity index (χ3v) is 7.22. The van der Waals surface area contributed by atoms with Crippen molar-refractivity contribution in [2.24, 2.45) is 0 Å². The van der Waals surface area contributed by atoms with Crippen LogP contribution in [0.2, 0.25) is 10.0 Å². The summed E-state index contributed by atoms with van der Waals surface area (Å²) >= 11 is 12.5. The Morgan fingerprint density at radius 3 is 2.28 bits per heavy atom. The Labute approximate surface area is 272 Å². The molecule has 4 rings (SSSR count). The first kappa shape index (κ1) is 35.6. The third-order valence-electron chi connectivity index (χ3n) is 6.70. The van der Waals surface area contributed by atoms with Crippen molar-refractivity contribution in [2.45, 2.75) is 51.8 Å². The Bertz CT molecular complexity index is 1810. The predicted octanol–water partition coefficient (Wildman–Crippen LogP) is 6.49. The number of hydrazine groups is 1. The van der Waals surface area contributed by atoms with Gasteiger partial charge in [-0.25, -0.2) is 15.1 Å². The zero-order chi connectivity index (χ0) is 34.9. The van der Waals surface area contributed by atoms with Crippen LogP contribution in [0.5, 0.6) is 0 Å². The van der Waals surface area contributed by atoms with Crippen LogP contribution >= 0.6 is 23.2 Å². The van der Waals surface area contributed by atoms with E-state index in [1.807, 2.05) is 0 Å². The number of halogens is 9. The fraction of sp³-hybridized carbons (Fsp3) is 0.321. The molecule has 252 valence electrons. The van der Waals surface area contributed by atoms with Crippen LogP contribution in [0.3, 0.4) is 0 Å². The summed E-state index contributed by atoms with van der Waals surface area (Å²) < 4.78 is 96.8. The van der Waals surface area contributed by atoms with E-state index in [9.17, 15) is 40.3 Å².